The number of carboxylic acid groups (broad SMARTS) is 1. The van der Waals surface area contributed by atoms with Crippen LogP contribution in [0.5, 0.6) is 0 Å². The highest BCUT2D eigenvalue weighted by Gasteiger charge is 2.08. The van der Waals surface area contributed by atoms with Crippen LogP contribution in [-0.4, -0.2) is 29.4 Å². The Balaban J connectivity index is 2.72. The van der Waals surface area contributed by atoms with E-state index >= 15 is 0 Å². The lowest BCUT2D eigenvalue weighted by atomic mass is 10.2. The molecule has 1 rings (SSSR count). The van der Waals surface area contributed by atoms with Crippen molar-refractivity contribution < 1.29 is 19.5 Å². The number of carbonyl (C=O) groups is 3. The molecule has 0 bridgehead atoms. The molecule has 18 heavy (non-hydrogen) atoms. The summed E-state index contributed by atoms with van der Waals surface area (Å²) < 4.78 is 0. The summed E-state index contributed by atoms with van der Waals surface area (Å²) in [6, 6.07) is 6.30. The maximum Gasteiger partial charge on any atom is 0.322 e. The molecule has 0 aliphatic carbocycles. The van der Waals surface area contributed by atoms with Gasteiger partial charge in [0.05, 0.1) is 0 Å². The molecular formula is C12H14N2O4. The number of nitrogens with one attached hydrogen (secondary N) is 2. The molecule has 2 amide bonds. The average Bonchev–Trinajstić information content (AvgIpc) is 2.36. The first kappa shape index (κ1) is 13.7. The quantitative estimate of drug-likeness (QED) is 0.721. The lowest BCUT2D eigenvalue weighted by Crippen LogP contribution is -2.29. The molecule has 0 spiro atoms. The molecule has 0 radical (unpaired) electrons. The third kappa shape index (κ3) is 4.25. The minimum Gasteiger partial charge on any atom is -0.480 e. The van der Waals surface area contributed by atoms with Gasteiger partial charge in [-0.05, 0) is 18.2 Å². The van der Waals surface area contributed by atoms with Gasteiger partial charge in [0.15, 0.2) is 0 Å². The first-order valence-electron chi connectivity index (χ1n) is 5.43. The second-order valence-electron chi connectivity index (χ2n) is 3.56. The number of benzene rings is 1. The summed E-state index contributed by atoms with van der Waals surface area (Å²) in [5.41, 5.74) is 0.801. The summed E-state index contributed by atoms with van der Waals surface area (Å²) in [5, 5.41) is 13.3. The van der Waals surface area contributed by atoms with Gasteiger partial charge < -0.3 is 15.7 Å². The van der Waals surface area contributed by atoms with Crippen LogP contribution in [0.25, 0.3) is 0 Å². The zero-order valence-electron chi connectivity index (χ0n) is 9.90. The van der Waals surface area contributed by atoms with E-state index < -0.39 is 18.4 Å². The standard InChI is InChI=1S/C12H14N2O4/c1-2-10(15)14-9-5-3-4-8(6-9)12(18)13-7-11(16)17/h3-6H,2,7H2,1H3,(H,13,18)(H,14,15)(H,16,17). The normalized spacial score (nSPS) is 9.61. The molecule has 0 aliphatic heterocycles. The molecule has 0 unspecified atom stereocenters. The predicted molar refractivity (Wildman–Crippen MR) is 65.3 cm³/mol. The van der Waals surface area contributed by atoms with Crippen molar-refractivity contribution in [1.82, 2.24) is 5.32 Å². The first-order valence-corrected chi connectivity index (χ1v) is 5.43. The van der Waals surface area contributed by atoms with Crippen LogP contribution < -0.4 is 10.6 Å². The second kappa shape index (κ2) is 6.39. The van der Waals surface area contributed by atoms with E-state index in [4.69, 9.17) is 5.11 Å². The Morgan fingerprint density at radius 2 is 2.00 bits per heavy atom. The highest BCUT2D eigenvalue weighted by molar-refractivity contribution is 5.98. The molecule has 0 atom stereocenters. The second-order valence-corrected chi connectivity index (χ2v) is 3.56. The van der Waals surface area contributed by atoms with E-state index in [1.54, 1.807) is 25.1 Å². The van der Waals surface area contributed by atoms with E-state index in [9.17, 15) is 14.4 Å². The molecule has 0 aliphatic rings. The third-order valence-electron chi connectivity index (χ3n) is 2.13. The van der Waals surface area contributed by atoms with Gasteiger partial charge >= 0.3 is 5.97 Å². The van der Waals surface area contributed by atoms with Crippen molar-refractivity contribution >= 4 is 23.5 Å². The zero-order chi connectivity index (χ0) is 13.5. The number of hydrogen-bond acceptors (Lipinski definition) is 3. The molecule has 0 saturated heterocycles. The lowest BCUT2D eigenvalue weighted by Gasteiger charge is -2.06. The van der Waals surface area contributed by atoms with Gasteiger partial charge in [0.1, 0.15) is 6.54 Å². The molecule has 0 saturated carbocycles. The Hall–Kier alpha value is -2.37. The Labute approximate surface area is 104 Å². The topological polar surface area (TPSA) is 95.5 Å². The number of amides is 2. The Kier molecular flexibility index (Phi) is 4.86. The van der Waals surface area contributed by atoms with E-state index in [1.165, 1.54) is 6.07 Å². The molecular weight excluding hydrogens is 236 g/mol. The van der Waals surface area contributed by atoms with Crippen LogP contribution in [-0.2, 0) is 9.59 Å². The highest BCUT2D eigenvalue weighted by Crippen LogP contribution is 2.10. The van der Waals surface area contributed by atoms with Crippen molar-refractivity contribution in [3.63, 3.8) is 0 Å². The Morgan fingerprint density at radius 1 is 1.28 bits per heavy atom. The maximum atomic E-state index is 11.6. The van der Waals surface area contributed by atoms with Crippen molar-refractivity contribution in [1.29, 1.82) is 0 Å². The van der Waals surface area contributed by atoms with Crippen molar-refractivity contribution in [2.45, 2.75) is 13.3 Å². The van der Waals surface area contributed by atoms with Gasteiger partial charge in [0, 0.05) is 17.7 Å². The number of aliphatic carboxylic acids is 1. The molecule has 1 aromatic rings. The van der Waals surface area contributed by atoms with E-state index in [-0.39, 0.29) is 5.91 Å². The first-order chi connectivity index (χ1) is 8.52. The molecule has 0 aromatic heterocycles. The van der Waals surface area contributed by atoms with Crippen LogP contribution in [0.4, 0.5) is 5.69 Å². The minimum absolute atomic E-state index is 0.155. The fourth-order valence-corrected chi connectivity index (χ4v) is 1.25. The monoisotopic (exact) mass is 250 g/mol. The summed E-state index contributed by atoms with van der Waals surface area (Å²) in [6.07, 6.45) is 0.343. The molecule has 96 valence electrons. The maximum absolute atomic E-state index is 11.6. The van der Waals surface area contributed by atoms with Crippen molar-refractivity contribution in [3.8, 4) is 0 Å². The van der Waals surface area contributed by atoms with Gasteiger partial charge in [0.2, 0.25) is 5.91 Å². The number of anilines is 1. The molecule has 1 aromatic carbocycles. The number of carbonyl (C=O) groups excluding carboxylic acids is 2. The smallest absolute Gasteiger partial charge is 0.322 e. The van der Waals surface area contributed by atoms with E-state index in [1.807, 2.05) is 0 Å². The lowest BCUT2D eigenvalue weighted by molar-refractivity contribution is -0.135. The van der Waals surface area contributed by atoms with Crippen LogP contribution in [0.15, 0.2) is 24.3 Å². The fraction of sp³-hybridized carbons (Fsp3) is 0.250. The highest BCUT2D eigenvalue weighted by atomic mass is 16.4. The summed E-state index contributed by atoms with van der Waals surface area (Å²) in [6.45, 7) is 1.28. The van der Waals surface area contributed by atoms with Crippen LogP contribution >= 0.6 is 0 Å². The molecule has 0 fully saturated rings. The van der Waals surface area contributed by atoms with Crippen molar-refractivity contribution in [3.05, 3.63) is 29.8 Å². The molecule has 3 N–H and O–H groups in total. The van der Waals surface area contributed by atoms with Gasteiger partial charge in [-0.1, -0.05) is 13.0 Å². The van der Waals surface area contributed by atoms with Crippen LogP contribution in [0.1, 0.15) is 23.7 Å². The SMILES string of the molecule is CCC(=O)Nc1cccc(C(=O)NCC(=O)O)c1. The average molecular weight is 250 g/mol. The third-order valence-corrected chi connectivity index (χ3v) is 2.13. The number of hydrogen-bond donors (Lipinski definition) is 3. The fourth-order valence-electron chi connectivity index (χ4n) is 1.25. The molecule has 0 heterocycles. The summed E-state index contributed by atoms with van der Waals surface area (Å²) in [4.78, 5) is 33.1. The molecule has 6 heteroatoms. The van der Waals surface area contributed by atoms with E-state index in [0.717, 1.165) is 0 Å². The summed E-state index contributed by atoms with van der Waals surface area (Å²) >= 11 is 0. The van der Waals surface area contributed by atoms with Crippen molar-refractivity contribution in [2.24, 2.45) is 0 Å². The van der Waals surface area contributed by atoms with Gasteiger partial charge in [-0.3, -0.25) is 14.4 Å². The summed E-state index contributed by atoms with van der Waals surface area (Å²) in [5.74, 6) is -1.76. The van der Waals surface area contributed by atoms with Crippen LogP contribution in [0.2, 0.25) is 0 Å². The van der Waals surface area contributed by atoms with Gasteiger partial charge in [-0.25, -0.2) is 0 Å². The minimum atomic E-state index is -1.11. The summed E-state index contributed by atoms with van der Waals surface area (Å²) in [7, 11) is 0. The van der Waals surface area contributed by atoms with Gasteiger partial charge in [0.25, 0.3) is 5.91 Å². The van der Waals surface area contributed by atoms with Crippen LogP contribution in [0, 0.1) is 0 Å². The van der Waals surface area contributed by atoms with Gasteiger partial charge in [-0.2, -0.15) is 0 Å². The van der Waals surface area contributed by atoms with Crippen molar-refractivity contribution in [2.75, 3.05) is 11.9 Å². The predicted octanol–water partition coefficient (Wildman–Crippen LogP) is 0.849. The van der Waals surface area contributed by atoms with Gasteiger partial charge in [-0.15, -0.1) is 0 Å². The van der Waals surface area contributed by atoms with Crippen LogP contribution in [0.3, 0.4) is 0 Å². The Morgan fingerprint density at radius 3 is 2.61 bits per heavy atom. The van der Waals surface area contributed by atoms with E-state index in [2.05, 4.69) is 10.6 Å². The van der Waals surface area contributed by atoms with E-state index in [0.29, 0.717) is 17.7 Å². The zero-order valence-corrected chi connectivity index (χ0v) is 9.90. The largest absolute Gasteiger partial charge is 0.480 e. The number of carboxylic acids is 1. The molecule has 6 nitrogen and oxygen atoms in total. The number of rotatable bonds is 5. The Bertz CT molecular complexity index is 471.